The van der Waals surface area contributed by atoms with Crippen molar-refractivity contribution < 1.29 is 13.9 Å². The largest absolute Gasteiger partial charge is 0.464 e. The zero-order valence-corrected chi connectivity index (χ0v) is 12.0. The van der Waals surface area contributed by atoms with E-state index < -0.39 is 12.0 Å². The third kappa shape index (κ3) is 1.93. The average Bonchev–Trinajstić information content (AvgIpc) is 3.02. The summed E-state index contributed by atoms with van der Waals surface area (Å²) in [7, 11) is 0. The molecule has 3 rings (SSSR count). The van der Waals surface area contributed by atoms with Gasteiger partial charge in [0.25, 0.3) is 5.56 Å². The molecule has 0 amide bonds. The third-order valence-electron chi connectivity index (χ3n) is 3.42. The number of furan rings is 1. The predicted octanol–water partition coefficient (Wildman–Crippen LogP) is 1.67. The number of fused-ring (bicyclic) bond motifs is 3. The van der Waals surface area contributed by atoms with Crippen molar-refractivity contribution in [2.75, 3.05) is 6.61 Å². The molecule has 0 radical (unpaired) electrons. The number of ether oxygens (including phenoxy) is 1. The lowest BCUT2D eigenvalue weighted by molar-refractivity contribution is -0.147. The highest BCUT2D eigenvalue weighted by Crippen LogP contribution is 2.20. The molecule has 0 saturated carbocycles. The third-order valence-corrected chi connectivity index (χ3v) is 3.42. The smallest absolute Gasteiger partial charge is 0.330 e. The summed E-state index contributed by atoms with van der Waals surface area (Å²) in [4.78, 5) is 24.3. The number of aryl methyl sites for hydroxylation is 1. The molecule has 0 N–H and O–H groups in total. The molecular formula is C14H15N3O4. The van der Waals surface area contributed by atoms with Gasteiger partial charge in [-0.2, -0.15) is 5.10 Å². The minimum atomic E-state index is -0.776. The SMILES string of the molecule is CCOC(=O)[C@H](C)n1nc(C)n2c(cc3occc32)c1=O. The molecule has 3 heterocycles. The molecule has 3 aromatic heterocycles. The number of hydrogen-bond donors (Lipinski definition) is 0. The van der Waals surface area contributed by atoms with E-state index in [4.69, 9.17) is 9.15 Å². The summed E-state index contributed by atoms with van der Waals surface area (Å²) in [6, 6.07) is 2.65. The maximum Gasteiger partial charge on any atom is 0.330 e. The zero-order chi connectivity index (χ0) is 15.1. The topological polar surface area (TPSA) is 78.7 Å². The number of aromatic nitrogens is 3. The van der Waals surface area contributed by atoms with Gasteiger partial charge in [0.05, 0.1) is 18.4 Å². The molecular weight excluding hydrogens is 274 g/mol. The second-order valence-electron chi connectivity index (χ2n) is 4.76. The molecule has 1 atom stereocenters. The van der Waals surface area contributed by atoms with E-state index in [0.29, 0.717) is 16.9 Å². The van der Waals surface area contributed by atoms with Gasteiger partial charge in [-0.05, 0) is 20.8 Å². The van der Waals surface area contributed by atoms with Crippen LogP contribution in [0.25, 0.3) is 16.6 Å². The molecule has 0 aliphatic carbocycles. The van der Waals surface area contributed by atoms with Crippen molar-refractivity contribution in [3.05, 3.63) is 34.6 Å². The fourth-order valence-corrected chi connectivity index (χ4v) is 2.42. The molecule has 0 saturated heterocycles. The second-order valence-corrected chi connectivity index (χ2v) is 4.76. The van der Waals surface area contributed by atoms with E-state index >= 15 is 0 Å². The summed E-state index contributed by atoms with van der Waals surface area (Å²) in [5.41, 5.74) is 1.46. The molecule has 0 aliphatic rings. The molecule has 0 aromatic carbocycles. The molecule has 0 bridgehead atoms. The van der Waals surface area contributed by atoms with Crippen LogP contribution in [0.5, 0.6) is 0 Å². The van der Waals surface area contributed by atoms with Crippen molar-refractivity contribution >= 4 is 22.6 Å². The Morgan fingerprint density at radius 2 is 2.24 bits per heavy atom. The average molecular weight is 289 g/mol. The van der Waals surface area contributed by atoms with Crippen molar-refractivity contribution in [2.45, 2.75) is 26.8 Å². The quantitative estimate of drug-likeness (QED) is 0.685. The molecule has 3 aromatic rings. The Kier molecular flexibility index (Phi) is 3.04. The van der Waals surface area contributed by atoms with Crippen molar-refractivity contribution in [3.63, 3.8) is 0 Å². The Hall–Kier alpha value is -2.57. The van der Waals surface area contributed by atoms with Crippen LogP contribution in [0, 0.1) is 6.92 Å². The number of esters is 1. The molecule has 7 heteroatoms. The lowest BCUT2D eigenvalue weighted by Gasteiger charge is -2.14. The number of rotatable bonds is 3. The second kappa shape index (κ2) is 4.76. The van der Waals surface area contributed by atoms with Gasteiger partial charge in [-0.3, -0.25) is 9.20 Å². The van der Waals surface area contributed by atoms with Crippen LogP contribution in [-0.4, -0.2) is 26.8 Å². The Morgan fingerprint density at radius 1 is 1.48 bits per heavy atom. The summed E-state index contributed by atoms with van der Waals surface area (Å²) < 4.78 is 13.1. The maximum atomic E-state index is 12.5. The highest BCUT2D eigenvalue weighted by Gasteiger charge is 2.22. The molecule has 0 spiro atoms. The first-order chi connectivity index (χ1) is 10.0. The highest BCUT2D eigenvalue weighted by atomic mass is 16.5. The van der Waals surface area contributed by atoms with E-state index in [1.807, 2.05) is 0 Å². The minimum absolute atomic E-state index is 0.261. The Bertz CT molecular complexity index is 887. The van der Waals surface area contributed by atoms with Crippen LogP contribution in [0.1, 0.15) is 25.7 Å². The van der Waals surface area contributed by atoms with Gasteiger partial charge in [0.2, 0.25) is 0 Å². The van der Waals surface area contributed by atoms with Crippen LogP contribution in [0.15, 0.2) is 27.6 Å². The monoisotopic (exact) mass is 289 g/mol. The highest BCUT2D eigenvalue weighted by molar-refractivity contribution is 5.82. The van der Waals surface area contributed by atoms with Gasteiger partial charge in [0.15, 0.2) is 11.6 Å². The number of carbonyl (C=O) groups is 1. The normalized spacial score (nSPS) is 12.9. The van der Waals surface area contributed by atoms with Crippen molar-refractivity contribution in [2.24, 2.45) is 0 Å². The van der Waals surface area contributed by atoms with E-state index in [2.05, 4.69) is 5.10 Å². The Morgan fingerprint density at radius 3 is 2.95 bits per heavy atom. The molecule has 0 aliphatic heterocycles. The molecule has 110 valence electrons. The van der Waals surface area contributed by atoms with Crippen LogP contribution in [0.2, 0.25) is 0 Å². The van der Waals surface area contributed by atoms with E-state index in [-0.39, 0.29) is 12.2 Å². The van der Waals surface area contributed by atoms with Crippen LogP contribution >= 0.6 is 0 Å². The van der Waals surface area contributed by atoms with Crippen LogP contribution in [-0.2, 0) is 9.53 Å². The van der Waals surface area contributed by atoms with Gasteiger partial charge >= 0.3 is 5.97 Å². The summed E-state index contributed by atoms with van der Waals surface area (Å²) >= 11 is 0. The van der Waals surface area contributed by atoms with Gasteiger partial charge in [-0.15, -0.1) is 0 Å². The van der Waals surface area contributed by atoms with E-state index in [1.165, 1.54) is 0 Å². The van der Waals surface area contributed by atoms with Crippen molar-refractivity contribution in [1.29, 1.82) is 0 Å². The zero-order valence-electron chi connectivity index (χ0n) is 12.0. The van der Waals surface area contributed by atoms with Crippen molar-refractivity contribution in [1.82, 2.24) is 14.2 Å². The first-order valence-corrected chi connectivity index (χ1v) is 6.69. The fraction of sp³-hybridized carbons (Fsp3) is 0.357. The first kappa shape index (κ1) is 13.4. The minimum Gasteiger partial charge on any atom is -0.464 e. The van der Waals surface area contributed by atoms with Crippen LogP contribution in [0.4, 0.5) is 0 Å². The van der Waals surface area contributed by atoms with Gasteiger partial charge in [-0.25, -0.2) is 9.48 Å². The molecule has 21 heavy (non-hydrogen) atoms. The summed E-state index contributed by atoms with van der Waals surface area (Å²) in [5.74, 6) is 0.114. The van der Waals surface area contributed by atoms with Crippen molar-refractivity contribution in [3.8, 4) is 0 Å². The first-order valence-electron chi connectivity index (χ1n) is 6.69. The van der Waals surface area contributed by atoms with E-state index in [1.54, 1.807) is 43.6 Å². The van der Waals surface area contributed by atoms with Gasteiger partial charge in [0, 0.05) is 12.1 Å². The Balaban J connectivity index is 2.24. The lowest BCUT2D eigenvalue weighted by atomic mass is 10.3. The van der Waals surface area contributed by atoms with Gasteiger partial charge in [0.1, 0.15) is 11.3 Å². The predicted molar refractivity (Wildman–Crippen MR) is 75.3 cm³/mol. The summed E-state index contributed by atoms with van der Waals surface area (Å²) in [5, 5.41) is 4.23. The molecule has 0 fully saturated rings. The van der Waals surface area contributed by atoms with Gasteiger partial charge in [-0.1, -0.05) is 0 Å². The maximum absolute atomic E-state index is 12.5. The molecule has 7 nitrogen and oxygen atoms in total. The van der Waals surface area contributed by atoms with E-state index in [9.17, 15) is 9.59 Å². The molecule has 0 unspecified atom stereocenters. The van der Waals surface area contributed by atoms with E-state index in [0.717, 1.165) is 10.2 Å². The standard InChI is InChI=1S/C14H15N3O4/c1-4-20-14(19)8(2)17-13(18)11-7-12-10(5-6-21-12)16(11)9(3)15-17/h5-8H,4H2,1-3H3/t8-/m0/s1. The lowest BCUT2D eigenvalue weighted by Crippen LogP contribution is -2.33. The van der Waals surface area contributed by atoms with Gasteiger partial charge < -0.3 is 9.15 Å². The number of hydrogen-bond acceptors (Lipinski definition) is 5. The van der Waals surface area contributed by atoms with Crippen LogP contribution < -0.4 is 5.56 Å². The van der Waals surface area contributed by atoms with Crippen LogP contribution in [0.3, 0.4) is 0 Å². The Labute approximate surface area is 119 Å². The summed E-state index contributed by atoms with van der Waals surface area (Å²) in [6.45, 7) is 5.34. The number of nitrogens with zero attached hydrogens (tertiary/aromatic N) is 3. The fourth-order valence-electron chi connectivity index (χ4n) is 2.42. The number of carbonyl (C=O) groups excluding carboxylic acids is 1. The summed E-state index contributed by atoms with van der Waals surface area (Å²) in [6.07, 6.45) is 1.56.